The van der Waals surface area contributed by atoms with E-state index in [9.17, 15) is 13.2 Å². The van der Waals surface area contributed by atoms with Crippen molar-refractivity contribution in [3.63, 3.8) is 0 Å². The molecule has 2 aromatic carbocycles. The number of oxazole rings is 1. The van der Waals surface area contributed by atoms with Gasteiger partial charge in [-0.3, -0.25) is 0 Å². The molecule has 0 radical (unpaired) electrons. The molecule has 1 N–H and O–H groups in total. The predicted octanol–water partition coefficient (Wildman–Crippen LogP) is 2.62. The lowest BCUT2D eigenvalue weighted by atomic mass is 10.2. The van der Waals surface area contributed by atoms with Crippen molar-refractivity contribution in [2.75, 3.05) is 14.2 Å². The van der Waals surface area contributed by atoms with E-state index in [1.165, 1.54) is 32.4 Å². The van der Waals surface area contributed by atoms with E-state index < -0.39 is 16.0 Å². The Morgan fingerprint density at radius 2 is 1.93 bits per heavy atom. The quantitative estimate of drug-likeness (QED) is 0.605. The summed E-state index contributed by atoms with van der Waals surface area (Å²) < 4.78 is 42.2. The molecular formula is C19H18N2O6S. The number of esters is 1. The number of ether oxygens (including phenoxy) is 2. The van der Waals surface area contributed by atoms with Crippen LogP contribution in [-0.4, -0.2) is 33.5 Å². The lowest BCUT2D eigenvalue weighted by Crippen LogP contribution is -2.20. The van der Waals surface area contributed by atoms with Gasteiger partial charge in [-0.1, -0.05) is 30.3 Å². The van der Waals surface area contributed by atoms with Gasteiger partial charge in [-0.25, -0.2) is 22.9 Å². The maximum Gasteiger partial charge on any atom is 0.338 e. The van der Waals surface area contributed by atoms with Gasteiger partial charge in [0.25, 0.3) is 0 Å². The molecule has 0 atom stereocenters. The first-order valence-corrected chi connectivity index (χ1v) is 9.72. The van der Waals surface area contributed by atoms with Crippen molar-refractivity contribution < 1.29 is 27.1 Å². The Labute approximate surface area is 162 Å². The molecular weight excluding hydrogens is 384 g/mol. The van der Waals surface area contributed by atoms with Crippen molar-refractivity contribution in [3.8, 4) is 17.1 Å². The van der Waals surface area contributed by atoms with Crippen LogP contribution in [0.4, 0.5) is 0 Å². The van der Waals surface area contributed by atoms with Gasteiger partial charge in [0, 0.05) is 5.56 Å². The molecule has 0 fully saturated rings. The Kier molecular flexibility index (Phi) is 5.76. The molecule has 8 nitrogen and oxygen atoms in total. The molecule has 0 unspecified atom stereocenters. The molecule has 0 bridgehead atoms. The average molecular weight is 402 g/mol. The fourth-order valence-electron chi connectivity index (χ4n) is 2.45. The standard InChI is InChI=1S/C19H18N2O6S/c1-20-28(23,24)17-10-14(8-9-15(17)25-2)19(22)26-12-18-21-11-16(27-18)13-6-4-3-5-7-13/h3-11,20H,12H2,1-2H3. The topological polar surface area (TPSA) is 108 Å². The third-order valence-electron chi connectivity index (χ3n) is 3.90. The summed E-state index contributed by atoms with van der Waals surface area (Å²) in [5.74, 6) is 0.183. The van der Waals surface area contributed by atoms with Gasteiger partial charge in [0.1, 0.15) is 10.6 Å². The number of aromatic nitrogens is 1. The van der Waals surface area contributed by atoms with Crippen LogP contribution in [0.3, 0.4) is 0 Å². The normalized spacial score (nSPS) is 11.2. The third kappa shape index (κ3) is 4.21. The summed E-state index contributed by atoms with van der Waals surface area (Å²) >= 11 is 0. The van der Waals surface area contributed by atoms with Crippen molar-refractivity contribution in [1.82, 2.24) is 9.71 Å². The van der Waals surface area contributed by atoms with Gasteiger partial charge < -0.3 is 13.9 Å². The number of carbonyl (C=O) groups is 1. The SMILES string of the molecule is CNS(=O)(=O)c1cc(C(=O)OCc2ncc(-c3ccccc3)o2)ccc1OC. The van der Waals surface area contributed by atoms with Crippen LogP contribution in [0.15, 0.2) is 64.0 Å². The lowest BCUT2D eigenvalue weighted by Gasteiger charge is -2.10. The van der Waals surface area contributed by atoms with Gasteiger partial charge in [0.2, 0.25) is 15.9 Å². The predicted molar refractivity (Wildman–Crippen MR) is 100 cm³/mol. The minimum Gasteiger partial charge on any atom is -0.495 e. The Morgan fingerprint density at radius 3 is 2.61 bits per heavy atom. The molecule has 146 valence electrons. The van der Waals surface area contributed by atoms with Crippen molar-refractivity contribution in [3.05, 3.63) is 66.2 Å². The molecule has 0 saturated carbocycles. The molecule has 1 aromatic heterocycles. The highest BCUT2D eigenvalue weighted by atomic mass is 32.2. The zero-order valence-corrected chi connectivity index (χ0v) is 16.0. The number of carbonyl (C=O) groups excluding carboxylic acids is 1. The van der Waals surface area contributed by atoms with Gasteiger partial charge >= 0.3 is 5.97 Å². The van der Waals surface area contributed by atoms with Crippen molar-refractivity contribution in [2.45, 2.75) is 11.5 Å². The van der Waals surface area contributed by atoms with Gasteiger partial charge in [-0.15, -0.1) is 0 Å². The van der Waals surface area contributed by atoms with E-state index in [1.807, 2.05) is 30.3 Å². The zero-order valence-electron chi connectivity index (χ0n) is 15.2. The largest absolute Gasteiger partial charge is 0.495 e. The Bertz CT molecular complexity index is 1080. The van der Waals surface area contributed by atoms with Crippen LogP contribution >= 0.6 is 0 Å². The number of nitrogens with one attached hydrogen (secondary N) is 1. The molecule has 3 aromatic rings. The number of methoxy groups -OCH3 is 1. The fraction of sp³-hybridized carbons (Fsp3) is 0.158. The second kappa shape index (κ2) is 8.24. The minimum atomic E-state index is -3.81. The summed E-state index contributed by atoms with van der Waals surface area (Å²) in [5, 5.41) is 0. The van der Waals surface area contributed by atoms with Crippen LogP contribution in [0.5, 0.6) is 5.75 Å². The van der Waals surface area contributed by atoms with Crippen LogP contribution in [-0.2, 0) is 21.4 Å². The Balaban J connectivity index is 1.74. The van der Waals surface area contributed by atoms with Gasteiger partial charge in [0.05, 0.1) is 18.9 Å². The van der Waals surface area contributed by atoms with E-state index in [4.69, 9.17) is 13.9 Å². The fourth-order valence-corrected chi connectivity index (χ4v) is 3.37. The number of sulfonamides is 1. The van der Waals surface area contributed by atoms with Gasteiger partial charge in [0.15, 0.2) is 12.4 Å². The zero-order chi connectivity index (χ0) is 20.1. The summed E-state index contributed by atoms with van der Waals surface area (Å²) in [6.45, 7) is -0.189. The van der Waals surface area contributed by atoms with E-state index >= 15 is 0 Å². The Morgan fingerprint density at radius 1 is 1.18 bits per heavy atom. The minimum absolute atomic E-state index is 0.0597. The van der Waals surface area contributed by atoms with E-state index in [0.29, 0.717) is 5.76 Å². The molecule has 0 aliphatic heterocycles. The second-order valence-corrected chi connectivity index (χ2v) is 7.49. The number of benzene rings is 2. The maximum atomic E-state index is 12.3. The van der Waals surface area contributed by atoms with Crippen LogP contribution in [0.1, 0.15) is 16.2 Å². The second-order valence-electron chi connectivity index (χ2n) is 5.63. The summed E-state index contributed by atoms with van der Waals surface area (Å²) in [6, 6.07) is 13.4. The summed E-state index contributed by atoms with van der Waals surface area (Å²) in [5.41, 5.74) is 0.911. The number of hydrogen-bond acceptors (Lipinski definition) is 7. The number of hydrogen-bond donors (Lipinski definition) is 1. The van der Waals surface area contributed by atoms with Crippen LogP contribution < -0.4 is 9.46 Å². The van der Waals surface area contributed by atoms with Crippen molar-refractivity contribution in [2.24, 2.45) is 0 Å². The highest BCUT2D eigenvalue weighted by molar-refractivity contribution is 7.89. The summed E-state index contributed by atoms with van der Waals surface area (Å²) in [7, 11) is -1.19. The highest BCUT2D eigenvalue weighted by Crippen LogP contribution is 2.25. The highest BCUT2D eigenvalue weighted by Gasteiger charge is 2.21. The van der Waals surface area contributed by atoms with Crippen LogP contribution in [0.2, 0.25) is 0 Å². The first kappa shape index (κ1) is 19.6. The molecule has 3 rings (SSSR count). The molecule has 0 amide bonds. The van der Waals surface area contributed by atoms with Crippen molar-refractivity contribution in [1.29, 1.82) is 0 Å². The van der Waals surface area contributed by atoms with E-state index in [2.05, 4.69) is 9.71 Å². The number of nitrogens with zero attached hydrogens (tertiary/aromatic N) is 1. The molecule has 28 heavy (non-hydrogen) atoms. The third-order valence-corrected chi connectivity index (χ3v) is 5.33. The molecule has 0 aliphatic carbocycles. The molecule has 1 heterocycles. The van der Waals surface area contributed by atoms with Gasteiger partial charge in [-0.2, -0.15) is 0 Å². The van der Waals surface area contributed by atoms with E-state index in [1.54, 1.807) is 6.20 Å². The molecule has 0 saturated heterocycles. The maximum absolute atomic E-state index is 12.3. The molecule has 9 heteroatoms. The number of rotatable bonds is 7. The smallest absolute Gasteiger partial charge is 0.338 e. The average Bonchev–Trinajstić information content (AvgIpc) is 3.21. The van der Waals surface area contributed by atoms with Crippen molar-refractivity contribution >= 4 is 16.0 Å². The van der Waals surface area contributed by atoms with Crippen LogP contribution in [0.25, 0.3) is 11.3 Å². The van der Waals surface area contributed by atoms with E-state index in [0.717, 1.165) is 5.56 Å². The van der Waals surface area contributed by atoms with Gasteiger partial charge in [-0.05, 0) is 25.2 Å². The molecule has 0 aliphatic rings. The van der Waals surface area contributed by atoms with Crippen LogP contribution in [0, 0.1) is 0 Å². The summed E-state index contributed by atoms with van der Waals surface area (Å²) in [6.07, 6.45) is 1.55. The first-order valence-electron chi connectivity index (χ1n) is 8.23. The summed E-state index contributed by atoms with van der Waals surface area (Å²) in [4.78, 5) is 16.2. The monoisotopic (exact) mass is 402 g/mol. The van der Waals surface area contributed by atoms with E-state index in [-0.39, 0.29) is 28.7 Å². The first-order chi connectivity index (χ1) is 13.4. The Hall–Kier alpha value is -3.17. The molecule has 0 spiro atoms. The lowest BCUT2D eigenvalue weighted by molar-refractivity contribution is 0.0438.